The molecule has 1 aliphatic carbocycles. The molecule has 3 nitrogen and oxygen atoms in total. The Labute approximate surface area is 93.6 Å². The van der Waals surface area contributed by atoms with E-state index in [1.54, 1.807) is 0 Å². The van der Waals surface area contributed by atoms with Crippen LogP contribution >= 0.6 is 0 Å². The topological polar surface area (TPSA) is 46.2 Å². The third-order valence-corrected chi connectivity index (χ3v) is 4.47. The number of nitrogens with one attached hydrogen (secondary N) is 1. The van der Waals surface area contributed by atoms with E-state index in [1.807, 2.05) is 7.05 Å². The minimum absolute atomic E-state index is 0.346. The Morgan fingerprint density at radius 3 is 2.33 bits per heavy atom. The molecule has 0 aromatic heterocycles. The molecule has 0 radical (unpaired) electrons. The van der Waals surface area contributed by atoms with Gasteiger partial charge in [0.2, 0.25) is 0 Å². The predicted octanol–water partition coefficient (Wildman–Crippen LogP) is 1.59. The average Bonchev–Trinajstić information content (AvgIpc) is 2.52. The van der Waals surface area contributed by atoms with Gasteiger partial charge in [-0.25, -0.2) is 8.42 Å². The molecule has 1 fully saturated rings. The first kappa shape index (κ1) is 13.0. The largest absolute Gasteiger partial charge is 0.319 e. The second-order valence-electron chi connectivity index (χ2n) is 4.97. The first-order valence-electron chi connectivity index (χ1n) is 5.80. The molecule has 0 saturated heterocycles. The molecule has 0 amide bonds. The maximum Gasteiger partial charge on any atom is 0.147 e. The highest BCUT2D eigenvalue weighted by molar-refractivity contribution is 7.90. The lowest BCUT2D eigenvalue weighted by Gasteiger charge is -2.28. The highest BCUT2D eigenvalue weighted by Crippen LogP contribution is 2.41. The number of hydrogen-bond donors (Lipinski definition) is 1. The van der Waals surface area contributed by atoms with Crippen LogP contribution in [0.25, 0.3) is 0 Å². The van der Waals surface area contributed by atoms with Crippen LogP contribution in [-0.2, 0) is 9.84 Å². The Hall–Kier alpha value is -0.0900. The molecule has 0 unspecified atom stereocenters. The van der Waals surface area contributed by atoms with Crippen molar-refractivity contribution in [3.8, 4) is 0 Å². The Bertz CT molecular complexity index is 279. The lowest BCUT2D eigenvalue weighted by atomic mass is 9.82. The molecular weight excluding hydrogens is 210 g/mol. The Balaban J connectivity index is 2.39. The van der Waals surface area contributed by atoms with Gasteiger partial charge in [0, 0.05) is 18.6 Å². The molecule has 4 heteroatoms. The van der Waals surface area contributed by atoms with E-state index in [1.165, 1.54) is 31.9 Å². The van der Waals surface area contributed by atoms with E-state index in [0.717, 1.165) is 19.4 Å². The van der Waals surface area contributed by atoms with E-state index in [0.29, 0.717) is 11.2 Å². The molecule has 90 valence electrons. The van der Waals surface area contributed by atoms with Gasteiger partial charge in [0.1, 0.15) is 9.84 Å². The minimum Gasteiger partial charge on any atom is -0.319 e. The van der Waals surface area contributed by atoms with Crippen LogP contribution in [0, 0.1) is 5.41 Å². The standard InChI is InChI=1S/C11H23NO2S/c1-12-10-11(6-3-4-7-11)8-5-9-15(2,13)14/h12H,3-10H2,1-2H3. The number of hydrogen-bond acceptors (Lipinski definition) is 3. The molecule has 0 aromatic rings. The van der Waals surface area contributed by atoms with Crippen LogP contribution in [0.5, 0.6) is 0 Å². The SMILES string of the molecule is CNCC1(CCCS(C)(=O)=O)CCCC1. The molecule has 0 atom stereocenters. The zero-order valence-electron chi connectivity index (χ0n) is 9.88. The fraction of sp³-hybridized carbons (Fsp3) is 1.00. The van der Waals surface area contributed by atoms with Crippen molar-refractivity contribution in [3.05, 3.63) is 0 Å². The lowest BCUT2D eigenvalue weighted by molar-refractivity contribution is 0.262. The van der Waals surface area contributed by atoms with Crippen LogP contribution in [0.2, 0.25) is 0 Å². The molecule has 1 N–H and O–H groups in total. The van der Waals surface area contributed by atoms with Crippen LogP contribution in [0.4, 0.5) is 0 Å². The van der Waals surface area contributed by atoms with Gasteiger partial charge in [0.15, 0.2) is 0 Å². The Morgan fingerprint density at radius 1 is 1.27 bits per heavy atom. The van der Waals surface area contributed by atoms with Crippen molar-refractivity contribution in [2.75, 3.05) is 25.6 Å². The summed E-state index contributed by atoms with van der Waals surface area (Å²) < 4.78 is 22.1. The fourth-order valence-corrected chi connectivity index (χ4v) is 3.39. The highest BCUT2D eigenvalue weighted by Gasteiger charge is 2.32. The van der Waals surface area contributed by atoms with Crippen molar-refractivity contribution in [2.24, 2.45) is 5.41 Å². The molecule has 0 spiro atoms. The monoisotopic (exact) mass is 233 g/mol. The molecular formula is C11H23NO2S. The van der Waals surface area contributed by atoms with Gasteiger partial charge in [-0.3, -0.25) is 0 Å². The quantitative estimate of drug-likeness (QED) is 0.758. The third kappa shape index (κ3) is 4.51. The van der Waals surface area contributed by atoms with Crippen molar-refractivity contribution in [1.82, 2.24) is 5.32 Å². The normalized spacial score (nSPS) is 20.7. The molecule has 1 rings (SSSR count). The predicted molar refractivity (Wildman–Crippen MR) is 63.8 cm³/mol. The summed E-state index contributed by atoms with van der Waals surface area (Å²) in [7, 11) is -0.795. The Kier molecular flexibility index (Phi) is 4.59. The van der Waals surface area contributed by atoms with Crippen LogP contribution in [0.15, 0.2) is 0 Å². The summed E-state index contributed by atoms with van der Waals surface area (Å²) in [5, 5.41) is 3.25. The minimum atomic E-state index is -2.78. The van der Waals surface area contributed by atoms with E-state index in [-0.39, 0.29) is 0 Å². The molecule has 0 bridgehead atoms. The molecule has 0 aromatic carbocycles. The van der Waals surface area contributed by atoms with Crippen molar-refractivity contribution in [3.63, 3.8) is 0 Å². The van der Waals surface area contributed by atoms with E-state index in [4.69, 9.17) is 0 Å². The number of rotatable bonds is 6. The molecule has 0 heterocycles. The fourth-order valence-electron chi connectivity index (χ4n) is 2.72. The lowest BCUT2D eigenvalue weighted by Crippen LogP contribution is -2.30. The van der Waals surface area contributed by atoms with Crippen molar-refractivity contribution in [1.29, 1.82) is 0 Å². The number of sulfone groups is 1. The Morgan fingerprint density at radius 2 is 1.87 bits per heavy atom. The van der Waals surface area contributed by atoms with Crippen LogP contribution < -0.4 is 5.32 Å². The van der Waals surface area contributed by atoms with Gasteiger partial charge in [0.05, 0.1) is 0 Å². The average molecular weight is 233 g/mol. The van der Waals surface area contributed by atoms with Gasteiger partial charge in [-0.15, -0.1) is 0 Å². The van der Waals surface area contributed by atoms with E-state index >= 15 is 0 Å². The van der Waals surface area contributed by atoms with Gasteiger partial charge in [-0.2, -0.15) is 0 Å². The maximum absolute atomic E-state index is 11.1. The highest BCUT2D eigenvalue weighted by atomic mass is 32.2. The van der Waals surface area contributed by atoms with Gasteiger partial charge >= 0.3 is 0 Å². The van der Waals surface area contributed by atoms with Crippen LogP contribution in [0.3, 0.4) is 0 Å². The first-order valence-corrected chi connectivity index (χ1v) is 7.86. The van der Waals surface area contributed by atoms with Crippen molar-refractivity contribution >= 4 is 9.84 Å². The van der Waals surface area contributed by atoms with Crippen LogP contribution in [0.1, 0.15) is 38.5 Å². The van der Waals surface area contributed by atoms with Gasteiger partial charge in [-0.1, -0.05) is 12.8 Å². The second-order valence-corrected chi connectivity index (χ2v) is 7.23. The summed E-state index contributed by atoms with van der Waals surface area (Å²) in [6.07, 6.45) is 8.34. The van der Waals surface area contributed by atoms with Gasteiger partial charge in [-0.05, 0) is 38.1 Å². The summed E-state index contributed by atoms with van der Waals surface area (Å²) in [6.45, 7) is 1.04. The summed E-state index contributed by atoms with van der Waals surface area (Å²) in [4.78, 5) is 0. The molecule has 1 aliphatic rings. The van der Waals surface area contributed by atoms with Gasteiger partial charge < -0.3 is 5.32 Å². The first-order chi connectivity index (χ1) is 6.97. The molecule has 1 saturated carbocycles. The van der Waals surface area contributed by atoms with E-state index in [2.05, 4.69) is 5.32 Å². The van der Waals surface area contributed by atoms with E-state index < -0.39 is 9.84 Å². The maximum atomic E-state index is 11.1. The summed E-state index contributed by atoms with van der Waals surface area (Å²) in [5.74, 6) is 0.346. The second kappa shape index (κ2) is 5.30. The zero-order valence-corrected chi connectivity index (χ0v) is 10.7. The van der Waals surface area contributed by atoms with Crippen molar-refractivity contribution < 1.29 is 8.42 Å². The van der Waals surface area contributed by atoms with E-state index in [9.17, 15) is 8.42 Å². The summed E-state index contributed by atoms with van der Waals surface area (Å²) in [5.41, 5.74) is 0.388. The zero-order chi connectivity index (χ0) is 11.4. The van der Waals surface area contributed by atoms with Crippen LogP contribution in [-0.4, -0.2) is 34.0 Å². The summed E-state index contributed by atoms with van der Waals surface area (Å²) >= 11 is 0. The van der Waals surface area contributed by atoms with Gasteiger partial charge in [0.25, 0.3) is 0 Å². The summed E-state index contributed by atoms with van der Waals surface area (Å²) in [6, 6.07) is 0. The smallest absolute Gasteiger partial charge is 0.147 e. The third-order valence-electron chi connectivity index (χ3n) is 3.44. The molecule has 15 heavy (non-hydrogen) atoms. The van der Waals surface area contributed by atoms with Crippen molar-refractivity contribution in [2.45, 2.75) is 38.5 Å². The molecule has 0 aliphatic heterocycles.